The number of nitrogens with zero attached hydrogens (tertiary/aromatic N) is 1. The lowest BCUT2D eigenvalue weighted by Crippen LogP contribution is -2.17. The van der Waals surface area contributed by atoms with Crippen molar-refractivity contribution in [3.05, 3.63) is 64.5 Å². The molecule has 0 atom stereocenters. The Balaban J connectivity index is 2.07. The van der Waals surface area contributed by atoms with E-state index in [1.165, 1.54) is 24.4 Å². The monoisotopic (exact) mass is 286 g/mol. The Kier molecular flexibility index (Phi) is 4.33. The average Bonchev–Trinajstić information content (AvgIpc) is 2.44. The summed E-state index contributed by atoms with van der Waals surface area (Å²) >= 11 is 0. The number of halogens is 1. The number of nitrogens with one attached hydrogen (secondary N) is 1. The van der Waals surface area contributed by atoms with Crippen LogP contribution in [-0.2, 0) is 0 Å². The molecule has 21 heavy (non-hydrogen) atoms. The van der Waals surface area contributed by atoms with Crippen molar-refractivity contribution in [2.45, 2.75) is 13.8 Å². The van der Waals surface area contributed by atoms with Crippen molar-refractivity contribution >= 4 is 12.1 Å². The summed E-state index contributed by atoms with van der Waals surface area (Å²) in [5.41, 5.74) is 4.74. The van der Waals surface area contributed by atoms with E-state index in [4.69, 9.17) is 0 Å². The minimum Gasteiger partial charge on any atom is -0.507 e. The van der Waals surface area contributed by atoms with E-state index in [0.717, 1.165) is 22.8 Å². The molecule has 0 bridgehead atoms. The summed E-state index contributed by atoms with van der Waals surface area (Å²) in [7, 11) is 0. The quantitative estimate of drug-likeness (QED) is 0.673. The van der Waals surface area contributed by atoms with Crippen molar-refractivity contribution in [3.63, 3.8) is 0 Å². The number of hydrogen-bond acceptors (Lipinski definition) is 3. The Morgan fingerprint density at radius 3 is 2.52 bits per heavy atom. The van der Waals surface area contributed by atoms with Gasteiger partial charge < -0.3 is 5.11 Å². The molecule has 2 rings (SSSR count). The Hall–Kier alpha value is -2.69. The molecular weight excluding hydrogens is 271 g/mol. The van der Waals surface area contributed by atoms with Gasteiger partial charge in [-0.15, -0.1) is 0 Å². The summed E-state index contributed by atoms with van der Waals surface area (Å²) in [5.74, 6) is -0.717. The van der Waals surface area contributed by atoms with Crippen LogP contribution in [0.15, 0.2) is 41.5 Å². The molecular formula is C16H15FN2O2. The molecule has 0 aromatic heterocycles. The van der Waals surface area contributed by atoms with Crippen LogP contribution in [0, 0.1) is 19.7 Å². The first kappa shape index (κ1) is 14.7. The van der Waals surface area contributed by atoms with Crippen LogP contribution in [0.4, 0.5) is 4.39 Å². The van der Waals surface area contributed by atoms with Gasteiger partial charge in [0.05, 0.1) is 6.21 Å². The molecule has 0 aliphatic rings. The summed E-state index contributed by atoms with van der Waals surface area (Å²) in [5, 5.41) is 13.5. The van der Waals surface area contributed by atoms with Crippen LogP contribution in [0.3, 0.4) is 0 Å². The average molecular weight is 286 g/mol. The van der Waals surface area contributed by atoms with Gasteiger partial charge in [-0.25, -0.2) is 9.82 Å². The third-order valence-corrected chi connectivity index (χ3v) is 2.98. The van der Waals surface area contributed by atoms with Crippen LogP contribution in [0.1, 0.15) is 27.0 Å². The summed E-state index contributed by atoms with van der Waals surface area (Å²) in [6.45, 7) is 3.57. The smallest absolute Gasteiger partial charge is 0.271 e. The summed E-state index contributed by atoms with van der Waals surface area (Å²) < 4.78 is 13.0. The lowest BCUT2D eigenvalue weighted by atomic mass is 10.1. The number of aryl methyl sites for hydroxylation is 2. The summed E-state index contributed by atoms with van der Waals surface area (Å²) in [4.78, 5) is 11.7. The second-order valence-electron chi connectivity index (χ2n) is 4.71. The number of benzene rings is 2. The number of carbonyl (C=O) groups excluding carboxylic acids is 1. The van der Waals surface area contributed by atoms with Crippen molar-refractivity contribution in [3.8, 4) is 5.75 Å². The van der Waals surface area contributed by atoms with E-state index >= 15 is 0 Å². The molecule has 108 valence electrons. The normalized spacial score (nSPS) is 10.8. The molecule has 0 saturated heterocycles. The van der Waals surface area contributed by atoms with E-state index in [1.54, 1.807) is 26.0 Å². The van der Waals surface area contributed by atoms with Gasteiger partial charge in [0.1, 0.15) is 11.6 Å². The number of amides is 1. The molecule has 2 N–H and O–H groups in total. The molecule has 2 aromatic carbocycles. The van der Waals surface area contributed by atoms with Gasteiger partial charge in [-0.05, 0) is 60.9 Å². The molecule has 0 spiro atoms. The van der Waals surface area contributed by atoms with Gasteiger partial charge in [0.25, 0.3) is 5.91 Å². The maximum Gasteiger partial charge on any atom is 0.271 e. The van der Waals surface area contributed by atoms with Crippen LogP contribution >= 0.6 is 0 Å². The van der Waals surface area contributed by atoms with Gasteiger partial charge >= 0.3 is 0 Å². The van der Waals surface area contributed by atoms with Crippen molar-refractivity contribution in [2.24, 2.45) is 5.10 Å². The Morgan fingerprint density at radius 2 is 1.90 bits per heavy atom. The molecule has 0 radical (unpaired) electrons. The highest BCUT2D eigenvalue weighted by molar-refractivity contribution is 5.94. The fourth-order valence-corrected chi connectivity index (χ4v) is 1.92. The van der Waals surface area contributed by atoms with Crippen molar-refractivity contribution < 1.29 is 14.3 Å². The number of aromatic hydroxyl groups is 1. The zero-order valence-corrected chi connectivity index (χ0v) is 11.7. The van der Waals surface area contributed by atoms with Gasteiger partial charge in [0.2, 0.25) is 0 Å². The molecule has 0 saturated carbocycles. The molecule has 1 amide bonds. The molecule has 4 nitrogen and oxygen atoms in total. The lowest BCUT2D eigenvalue weighted by molar-refractivity contribution is 0.0954. The molecule has 2 aromatic rings. The van der Waals surface area contributed by atoms with E-state index in [-0.39, 0.29) is 11.3 Å². The highest BCUT2D eigenvalue weighted by atomic mass is 19.1. The molecule has 0 unspecified atom stereocenters. The zero-order chi connectivity index (χ0) is 15.4. The number of rotatable bonds is 3. The molecule has 0 aliphatic carbocycles. The molecule has 0 fully saturated rings. The van der Waals surface area contributed by atoms with Gasteiger partial charge in [-0.2, -0.15) is 5.10 Å². The predicted molar refractivity (Wildman–Crippen MR) is 79.0 cm³/mol. The Bertz CT molecular complexity index is 688. The minimum absolute atomic E-state index is 0.199. The van der Waals surface area contributed by atoms with Crippen molar-refractivity contribution in [1.29, 1.82) is 0 Å². The van der Waals surface area contributed by atoms with E-state index in [9.17, 15) is 14.3 Å². The predicted octanol–water partition coefficient (Wildman–Crippen LogP) is 2.91. The van der Waals surface area contributed by atoms with Crippen LogP contribution in [0.25, 0.3) is 0 Å². The van der Waals surface area contributed by atoms with Crippen LogP contribution < -0.4 is 5.43 Å². The first-order valence-corrected chi connectivity index (χ1v) is 6.36. The van der Waals surface area contributed by atoms with Crippen molar-refractivity contribution in [1.82, 2.24) is 5.43 Å². The maximum absolute atomic E-state index is 13.0. The van der Waals surface area contributed by atoms with Gasteiger partial charge in [-0.1, -0.05) is 6.07 Å². The van der Waals surface area contributed by atoms with E-state index in [0.29, 0.717) is 0 Å². The van der Waals surface area contributed by atoms with Crippen molar-refractivity contribution in [2.75, 3.05) is 0 Å². The number of carbonyl (C=O) groups is 1. The van der Waals surface area contributed by atoms with Crippen LogP contribution in [0.5, 0.6) is 5.75 Å². The number of hydrogen-bond donors (Lipinski definition) is 2. The number of phenols is 1. The Morgan fingerprint density at radius 1 is 1.24 bits per heavy atom. The highest BCUT2D eigenvalue weighted by Gasteiger charge is 2.05. The number of phenolic OH excluding ortho intramolecular Hbond substituents is 1. The maximum atomic E-state index is 13.0. The minimum atomic E-state index is -0.488. The van der Waals surface area contributed by atoms with Crippen LogP contribution in [-0.4, -0.2) is 17.2 Å². The molecule has 0 aliphatic heterocycles. The third-order valence-electron chi connectivity index (χ3n) is 2.98. The van der Waals surface area contributed by atoms with E-state index in [2.05, 4.69) is 10.5 Å². The topological polar surface area (TPSA) is 61.7 Å². The van der Waals surface area contributed by atoms with Gasteiger partial charge in [0, 0.05) is 5.56 Å². The van der Waals surface area contributed by atoms with E-state index < -0.39 is 11.7 Å². The zero-order valence-electron chi connectivity index (χ0n) is 11.7. The highest BCUT2D eigenvalue weighted by Crippen LogP contribution is 2.21. The second kappa shape index (κ2) is 6.17. The number of hydrazone groups is 1. The Labute approximate surface area is 121 Å². The second-order valence-corrected chi connectivity index (χ2v) is 4.71. The van der Waals surface area contributed by atoms with E-state index in [1.807, 2.05) is 0 Å². The van der Waals surface area contributed by atoms with Gasteiger partial charge in [0.15, 0.2) is 0 Å². The van der Waals surface area contributed by atoms with Crippen LogP contribution in [0.2, 0.25) is 0 Å². The standard InChI is InChI=1S/C16H15FN2O2/c1-10-6-12(7-11(2)15(10)20)9-18-19-16(21)13-4-3-5-14(17)8-13/h3-9,20H,1-2H3,(H,19,21)/b18-9+. The lowest BCUT2D eigenvalue weighted by Gasteiger charge is -2.04. The third kappa shape index (κ3) is 3.66. The molecule has 0 heterocycles. The fourth-order valence-electron chi connectivity index (χ4n) is 1.92. The summed E-state index contributed by atoms with van der Waals surface area (Å²) in [6.07, 6.45) is 1.47. The SMILES string of the molecule is Cc1cc(/C=N/NC(=O)c2cccc(F)c2)cc(C)c1O. The first-order valence-electron chi connectivity index (χ1n) is 6.36. The summed E-state index contributed by atoms with van der Waals surface area (Å²) in [6, 6.07) is 8.87. The first-order chi connectivity index (χ1) is 9.97. The largest absolute Gasteiger partial charge is 0.507 e. The van der Waals surface area contributed by atoms with Gasteiger partial charge in [-0.3, -0.25) is 4.79 Å². The molecule has 5 heteroatoms. The fraction of sp³-hybridized carbons (Fsp3) is 0.125.